The fourth-order valence-corrected chi connectivity index (χ4v) is 1.76. The molecule has 0 spiro atoms. The van der Waals surface area contributed by atoms with E-state index in [1.807, 2.05) is 6.08 Å². The van der Waals surface area contributed by atoms with Gasteiger partial charge in [-0.1, -0.05) is 25.2 Å². The summed E-state index contributed by atoms with van der Waals surface area (Å²) in [5, 5.41) is 9.21. The third kappa shape index (κ3) is 2.05. The van der Waals surface area contributed by atoms with Gasteiger partial charge in [-0.25, -0.2) is 0 Å². The molecule has 0 bridgehead atoms. The van der Waals surface area contributed by atoms with Crippen molar-refractivity contribution >= 4 is 0 Å². The molecule has 1 aliphatic carbocycles. The van der Waals surface area contributed by atoms with Crippen molar-refractivity contribution in [3.8, 4) is 0 Å². The Bertz CT molecular complexity index is 249. The van der Waals surface area contributed by atoms with Crippen LogP contribution in [0.4, 0.5) is 0 Å². The number of ether oxygens (including phenoxy) is 2. The summed E-state index contributed by atoms with van der Waals surface area (Å²) < 4.78 is 10.9. The van der Waals surface area contributed by atoms with Gasteiger partial charge in [0.2, 0.25) is 0 Å². The second kappa shape index (κ2) is 4.26. The molecule has 0 aromatic carbocycles. The smallest absolute Gasteiger partial charge is 0.180 e. The molecular weight excluding hydrogens is 180 g/mol. The minimum atomic E-state index is -0.471. The maximum absolute atomic E-state index is 9.21. The van der Waals surface area contributed by atoms with Gasteiger partial charge in [0.1, 0.15) is 6.10 Å². The van der Waals surface area contributed by atoms with Crippen molar-refractivity contribution in [3.63, 3.8) is 0 Å². The first-order valence-corrected chi connectivity index (χ1v) is 5.05. The highest BCUT2D eigenvalue weighted by Gasteiger charge is 2.26. The number of hydrogen-bond donors (Lipinski definition) is 1. The van der Waals surface area contributed by atoms with Crippen LogP contribution in [0.3, 0.4) is 0 Å². The Hall–Kier alpha value is -0.640. The highest BCUT2D eigenvalue weighted by molar-refractivity contribution is 5.22. The van der Waals surface area contributed by atoms with Gasteiger partial charge in [0.25, 0.3) is 0 Å². The minimum absolute atomic E-state index is 0.252. The lowest BCUT2D eigenvalue weighted by atomic mass is 9.93. The Morgan fingerprint density at radius 1 is 1.36 bits per heavy atom. The van der Waals surface area contributed by atoms with Crippen molar-refractivity contribution in [1.29, 1.82) is 0 Å². The van der Waals surface area contributed by atoms with Gasteiger partial charge in [0, 0.05) is 0 Å². The van der Waals surface area contributed by atoms with Gasteiger partial charge in [0.05, 0.1) is 13.2 Å². The van der Waals surface area contributed by atoms with Crippen molar-refractivity contribution in [1.82, 2.24) is 0 Å². The Kier molecular flexibility index (Phi) is 3.01. The molecule has 14 heavy (non-hydrogen) atoms. The second-order valence-corrected chi connectivity index (χ2v) is 3.88. The standard InChI is InChI=1S/C11H16O3/c1-8-4-2-3-5-10(8)11-13-6-9(12)7-14-11/h2-3,5,8-9,11-12H,4,6-7H2,1H3. The first kappa shape index (κ1) is 9.90. The lowest BCUT2D eigenvalue weighted by Gasteiger charge is -2.31. The zero-order valence-corrected chi connectivity index (χ0v) is 8.35. The molecule has 78 valence electrons. The fraction of sp³-hybridized carbons (Fsp3) is 0.636. The topological polar surface area (TPSA) is 38.7 Å². The van der Waals surface area contributed by atoms with Crippen LogP contribution in [0.2, 0.25) is 0 Å². The van der Waals surface area contributed by atoms with E-state index in [1.54, 1.807) is 0 Å². The van der Waals surface area contributed by atoms with Crippen LogP contribution in [0.15, 0.2) is 23.8 Å². The van der Waals surface area contributed by atoms with Gasteiger partial charge in [-0.2, -0.15) is 0 Å². The summed E-state index contributed by atoms with van der Waals surface area (Å²) in [4.78, 5) is 0. The zero-order valence-electron chi connectivity index (χ0n) is 8.35. The lowest BCUT2D eigenvalue weighted by molar-refractivity contribution is -0.200. The van der Waals surface area contributed by atoms with E-state index in [0.29, 0.717) is 19.1 Å². The normalized spacial score (nSPS) is 38.1. The monoisotopic (exact) mass is 196 g/mol. The Balaban J connectivity index is 2.00. The summed E-state index contributed by atoms with van der Waals surface area (Å²) in [6, 6.07) is 0. The maximum Gasteiger partial charge on any atom is 0.180 e. The van der Waals surface area contributed by atoms with Gasteiger partial charge < -0.3 is 14.6 Å². The molecule has 1 N–H and O–H groups in total. The number of aliphatic hydroxyl groups is 1. The van der Waals surface area contributed by atoms with Crippen LogP contribution in [0.25, 0.3) is 0 Å². The van der Waals surface area contributed by atoms with Crippen LogP contribution in [0, 0.1) is 5.92 Å². The van der Waals surface area contributed by atoms with E-state index in [2.05, 4.69) is 19.1 Å². The molecule has 2 rings (SSSR count). The Morgan fingerprint density at radius 2 is 2.07 bits per heavy atom. The van der Waals surface area contributed by atoms with Crippen LogP contribution in [0.5, 0.6) is 0 Å². The van der Waals surface area contributed by atoms with Gasteiger partial charge >= 0.3 is 0 Å². The van der Waals surface area contributed by atoms with Crippen LogP contribution in [0.1, 0.15) is 13.3 Å². The molecule has 1 fully saturated rings. The maximum atomic E-state index is 9.21. The number of allylic oxidation sites excluding steroid dienone is 3. The van der Waals surface area contributed by atoms with E-state index in [-0.39, 0.29) is 6.29 Å². The van der Waals surface area contributed by atoms with Crippen LogP contribution in [-0.2, 0) is 9.47 Å². The summed E-state index contributed by atoms with van der Waals surface area (Å²) in [5.74, 6) is 0.472. The molecule has 1 unspecified atom stereocenters. The second-order valence-electron chi connectivity index (χ2n) is 3.88. The molecule has 0 aromatic rings. The van der Waals surface area contributed by atoms with E-state index >= 15 is 0 Å². The average molecular weight is 196 g/mol. The molecule has 3 heteroatoms. The van der Waals surface area contributed by atoms with Crippen LogP contribution >= 0.6 is 0 Å². The lowest BCUT2D eigenvalue weighted by Crippen LogP contribution is -2.37. The van der Waals surface area contributed by atoms with Gasteiger partial charge in [0.15, 0.2) is 6.29 Å². The van der Waals surface area contributed by atoms with Crippen molar-refractivity contribution in [2.45, 2.75) is 25.7 Å². The van der Waals surface area contributed by atoms with E-state index in [0.717, 1.165) is 6.42 Å². The molecule has 0 amide bonds. The van der Waals surface area contributed by atoms with Crippen molar-refractivity contribution < 1.29 is 14.6 Å². The van der Waals surface area contributed by atoms with Gasteiger partial charge in [-0.05, 0) is 17.9 Å². The molecule has 3 nitrogen and oxygen atoms in total. The fourth-order valence-electron chi connectivity index (χ4n) is 1.76. The summed E-state index contributed by atoms with van der Waals surface area (Å²) in [7, 11) is 0. The highest BCUT2D eigenvalue weighted by Crippen LogP contribution is 2.26. The average Bonchev–Trinajstić information content (AvgIpc) is 2.20. The molecule has 0 radical (unpaired) electrons. The highest BCUT2D eigenvalue weighted by atomic mass is 16.7. The third-order valence-corrected chi connectivity index (χ3v) is 2.64. The van der Waals surface area contributed by atoms with Crippen molar-refractivity contribution in [2.24, 2.45) is 5.92 Å². The molecule has 1 aliphatic heterocycles. The summed E-state index contributed by atoms with van der Waals surface area (Å²) in [6.07, 6.45) is 6.55. The minimum Gasteiger partial charge on any atom is -0.388 e. The largest absolute Gasteiger partial charge is 0.388 e. The number of aliphatic hydroxyl groups excluding tert-OH is 1. The SMILES string of the molecule is CC1CC=CC=C1C1OCC(O)CO1. The summed E-state index contributed by atoms with van der Waals surface area (Å²) in [5.41, 5.74) is 1.18. The third-order valence-electron chi connectivity index (χ3n) is 2.64. The number of rotatable bonds is 1. The van der Waals surface area contributed by atoms with Gasteiger partial charge in [-0.15, -0.1) is 0 Å². The predicted molar refractivity (Wildman–Crippen MR) is 52.7 cm³/mol. The molecule has 0 aromatic heterocycles. The first-order chi connectivity index (χ1) is 6.77. The van der Waals surface area contributed by atoms with Gasteiger partial charge in [-0.3, -0.25) is 0 Å². The molecule has 1 saturated heterocycles. The van der Waals surface area contributed by atoms with Crippen LogP contribution in [-0.4, -0.2) is 30.7 Å². The van der Waals surface area contributed by atoms with Crippen LogP contribution < -0.4 is 0 Å². The van der Waals surface area contributed by atoms with E-state index < -0.39 is 6.10 Å². The summed E-state index contributed by atoms with van der Waals surface area (Å²) in [6.45, 7) is 2.91. The van der Waals surface area contributed by atoms with E-state index in [4.69, 9.17) is 9.47 Å². The van der Waals surface area contributed by atoms with E-state index in [1.165, 1.54) is 5.57 Å². The molecular formula is C11H16O3. The van der Waals surface area contributed by atoms with E-state index in [9.17, 15) is 5.11 Å². The van der Waals surface area contributed by atoms with Crippen molar-refractivity contribution in [3.05, 3.63) is 23.8 Å². The Labute approximate surface area is 84.0 Å². The summed E-state index contributed by atoms with van der Waals surface area (Å²) >= 11 is 0. The molecule has 1 heterocycles. The first-order valence-electron chi connectivity index (χ1n) is 5.05. The molecule has 2 aliphatic rings. The predicted octanol–water partition coefficient (Wildman–Crippen LogP) is 1.24. The molecule has 0 saturated carbocycles. The zero-order chi connectivity index (χ0) is 9.97. The Morgan fingerprint density at radius 3 is 2.71 bits per heavy atom. The van der Waals surface area contributed by atoms with Crippen molar-refractivity contribution in [2.75, 3.05) is 13.2 Å². The number of hydrogen-bond acceptors (Lipinski definition) is 3. The quantitative estimate of drug-likeness (QED) is 0.685. The molecule has 1 atom stereocenters.